The van der Waals surface area contributed by atoms with Crippen LogP contribution in [0, 0.1) is 23.6 Å². The van der Waals surface area contributed by atoms with E-state index in [-0.39, 0.29) is 5.82 Å². The van der Waals surface area contributed by atoms with Gasteiger partial charge in [0.2, 0.25) is 9.04 Å². The second-order valence-electron chi connectivity index (χ2n) is 7.18. The molecule has 0 bridgehead atoms. The van der Waals surface area contributed by atoms with Crippen molar-refractivity contribution in [3.8, 4) is 0 Å². The summed E-state index contributed by atoms with van der Waals surface area (Å²) in [4.78, 5) is 0. The van der Waals surface area contributed by atoms with Crippen LogP contribution in [0.5, 0.6) is 0 Å². The van der Waals surface area contributed by atoms with Crippen LogP contribution in [0.1, 0.15) is 52.5 Å². The van der Waals surface area contributed by atoms with Gasteiger partial charge >= 0.3 is 0 Å². The van der Waals surface area contributed by atoms with Crippen molar-refractivity contribution in [1.82, 2.24) is 0 Å². The van der Waals surface area contributed by atoms with Crippen LogP contribution in [0.2, 0.25) is 6.04 Å². The van der Waals surface area contributed by atoms with Gasteiger partial charge in [0.1, 0.15) is 5.82 Å². The van der Waals surface area contributed by atoms with Gasteiger partial charge in [-0.05, 0) is 60.4 Å². The zero-order valence-corrected chi connectivity index (χ0v) is 15.4. The molecule has 1 aliphatic rings. The highest BCUT2D eigenvalue weighted by molar-refractivity contribution is 6.51. The van der Waals surface area contributed by atoms with Gasteiger partial charge in [-0.3, -0.25) is 0 Å². The van der Waals surface area contributed by atoms with E-state index in [4.69, 9.17) is 4.43 Å². The van der Waals surface area contributed by atoms with E-state index in [2.05, 4.69) is 27.7 Å². The Labute approximate surface area is 137 Å². The van der Waals surface area contributed by atoms with E-state index < -0.39 is 9.04 Å². The Kier molecular flexibility index (Phi) is 6.63. The summed E-state index contributed by atoms with van der Waals surface area (Å²) < 4.78 is 19.7. The summed E-state index contributed by atoms with van der Waals surface area (Å²) in [5, 5.41) is 0. The minimum Gasteiger partial charge on any atom is -0.413 e. The summed E-state index contributed by atoms with van der Waals surface area (Å²) in [6.45, 7) is 9.24. The average molecular weight is 322 g/mol. The topological polar surface area (TPSA) is 9.23 Å². The molecule has 1 aliphatic carbocycles. The first kappa shape index (κ1) is 17.7. The molecule has 1 saturated carbocycles. The van der Waals surface area contributed by atoms with Crippen LogP contribution in [0.25, 0.3) is 0 Å². The summed E-state index contributed by atoms with van der Waals surface area (Å²) in [6.07, 6.45) is 4.28. The monoisotopic (exact) mass is 321 g/mol. The van der Waals surface area contributed by atoms with E-state index in [0.717, 1.165) is 18.0 Å². The third kappa shape index (κ3) is 4.92. The van der Waals surface area contributed by atoms with Crippen LogP contribution in [-0.4, -0.2) is 15.1 Å². The lowest BCUT2D eigenvalue weighted by Crippen LogP contribution is -2.39. The van der Waals surface area contributed by atoms with Gasteiger partial charge in [0, 0.05) is 6.10 Å². The van der Waals surface area contributed by atoms with E-state index in [1.165, 1.54) is 24.8 Å². The summed E-state index contributed by atoms with van der Waals surface area (Å²) >= 11 is 0. The molecule has 0 aromatic heterocycles. The van der Waals surface area contributed by atoms with E-state index in [0.29, 0.717) is 17.9 Å². The molecule has 1 aromatic carbocycles. The summed E-state index contributed by atoms with van der Waals surface area (Å²) in [5.74, 6) is 2.03. The van der Waals surface area contributed by atoms with Crippen LogP contribution in [0.4, 0.5) is 4.39 Å². The van der Waals surface area contributed by atoms with Gasteiger partial charge in [0.15, 0.2) is 0 Å². The van der Waals surface area contributed by atoms with Crippen molar-refractivity contribution in [2.24, 2.45) is 17.8 Å². The molecule has 1 radical (unpaired) electrons. The number of halogens is 1. The molecular formula is C19H30FOSi. The number of benzene rings is 1. The third-order valence-corrected chi connectivity index (χ3v) is 7.22. The van der Waals surface area contributed by atoms with E-state index in [1.54, 1.807) is 12.1 Å². The molecule has 0 saturated heterocycles. The van der Waals surface area contributed by atoms with Crippen LogP contribution in [0.15, 0.2) is 24.3 Å². The largest absolute Gasteiger partial charge is 0.413 e. The first-order valence-electron chi connectivity index (χ1n) is 8.75. The second-order valence-corrected chi connectivity index (χ2v) is 9.55. The van der Waals surface area contributed by atoms with Gasteiger partial charge in [-0.1, -0.05) is 46.2 Å². The molecule has 1 nitrogen and oxygen atoms in total. The fourth-order valence-electron chi connectivity index (χ4n) is 3.54. The van der Waals surface area contributed by atoms with Crippen molar-refractivity contribution in [3.05, 3.63) is 35.6 Å². The molecule has 0 spiro atoms. The molecule has 1 fully saturated rings. The van der Waals surface area contributed by atoms with E-state index in [1.807, 2.05) is 12.1 Å². The number of hydrogen-bond acceptors (Lipinski definition) is 1. The standard InChI is InChI=1S/C19H30FOSi/c1-5-22(13-16-7-9-17(20)10-8-16)21-19-12-15(4)6-11-18(19)14(2)3/h7-10,14-15,18-19H,5-6,11-13H2,1-4H3/t15-,18+,19-/m1/s1. The van der Waals surface area contributed by atoms with Crippen LogP contribution in [0.3, 0.4) is 0 Å². The second kappa shape index (κ2) is 8.26. The molecule has 22 heavy (non-hydrogen) atoms. The predicted octanol–water partition coefficient (Wildman–Crippen LogP) is 5.40. The molecule has 1 aromatic rings. The van der Waals surface area contributed by atoms with Crippen LogP contribution >= 0.6 is 0 Å². The summed E-state index contributed by atoms with van der Waals surface area (Å²) in [5.41, 5.74) is 1.21. The van der Waals surface area contributed by atoms with E-state index >= 15 is 0 Å². The van der Waals surface area contributed by atoms with Crippen LogP contribution in [-0.2, 0) is 10.5 Å². The lowest BCUT2D eigenvalue weighted by molar-refractivity contribution is 0.0433. The van der Waals surface area contributed by atoms with Crippen molar-refractivity contribution in [1.29, 1.82) is 0 Å². The summed E-state index contributed by atoms with van der Waals surface area (Å²) in [7, 11) is -0.859. The normalized spacial score (nSPS) is 25.9. The molecule has 0 amide bonds. The fourth-order valence-corrected chi connectivity index (χ4v) is 5.43. The highest BCUT2D eigenvalue weighted by atomic mass is 28.3. The van der Waals surface area contributed by atoms with Crippen molar-refractivity contribution in [3.63, 3.8) is 0 Å². The molecule has 0 heterocycles. The Morgan fingerprint density at radius 2 is 1.91 bits per heavy atom. The van der Waals surface area contributed by atoms with Crippen molar-refractivity contribution < 1.29 is 8.82 Å². The molecule has 2 rings (SSSR count). The highest BCUT2D eigenvalue weighted by Gasteiger charge is 2.33. The quantitative estimate of drug-likeness (QED) is 0.638. The van der Waals surface area contributed by atoms with Gasteiger partial charge in [0.05, 0.1) is 0 Å². The Morgan fingerprint density at radius 3 is 2.50 bits per heavy atom. The smallest absolute Gasteiger partial charge is 0.216 e. The average Bonchev–Trinajstić information content (AvgIpc) is 2.48. The Balaban J connectivity index is 1.99. The van der Waals surface area contributed by atoms with Gasteiger partial charge in [-0.15, -0.1) is 0 Å². The maximum absolute atomic E-state index is 13.0. The van der Waals surface area contributed by atoms with E-state index in [9.17, 15) is 4.39 Å². The van der Waals surface area contributed by atoms with Gasteiger partial charge < -0.3 is 4.43 Å². The lowest BCUT2D eigenvalue weighted by Gasteiger charge is -2.39. The molecule has 0 N–H and O–H groups in total. The highest BCUT2D eigenvalue weighted by Crippen LogP contribution is 2.36. The maximum Gasteiger partial charge on any atom is 0.216 e. The Morgan fingerprint density at radius 1 is 1.23 bits per heavy atom. The molecule has 3 heteroatoms. The van der Waals surface area contributed by atoms with Crippen molar-refractivity contribution >= 4 is 9.04 Å². The Bertz CT molecular complexity index is 445. The van der Waals surface area contributed by atoms with Crippen molar-refractivity contribution in [2.75, 3.05) is 0 Å². The maximum atomic E-state index is 13.0. The first-order chi connectivity index (χ1) is 10.5. The number of rotatable bonds is 6. The molecular weight excluding hydrogens is 291 g/mol. The SMILES string of the molecule is CC[Si](Cc1ccc(F)cc1)O[C@@H]1C[C@H](C)CC[C@H]1C(C)C. The predicted molar refractivity (Wildman–Crippen MR) is 92.6 cm³/mol. The molecule has 123 valence electrons. The zero-order valence-electron chi connectivity index (χ0n) is 14.4. The lowest BCUT2D eigenvalue weighted by atomic mass is 9.75. The van der Waals surface area contributed by atoms with Crippen LogP contribution < -0.4 is 0 Å². The minimum absolute atomic E-state index is 0.157. The molecule has 0 aliphatic heterocycles. The third-order valence-electron chi connectivity index (χ3n) is 4.99. The fraction of sp³-hybridized carbons (Fsp3) is 0.684. The summed E-state index contributed by atoms with van der Waals surface area (Å²) in [6, 6.07) is 9.02. The van der Waals surface area contributed by atoms with Gasteiger partial charge in [-0.25, -0.2) is 4.39 Å². The molecule has 0 unspecified atom stereocenters. The Hall–Kier alpha value is -0.673. The molecule has 3 atom stereocenters. The van der Waals surface area contributed by atoms with Gasteiger partial charge in [-0.2, -0.15) is 0 Å². The minimum atomic E-state index is -0.859. The van der Waals surface area contributed by atoms with Crippen molar-refractivity contribution in [2.45, 2.75) is 65.1 Å². The first-order valence-corrected chi connectivity index (χ1v) is 10.6. The zero-order chi connectivity index (χ0) is 16.1. The number of hydrogen-bond donors (Lipinski definition) is 0. The van der Waals surface area contributed by atoms with Gasteiger partial charge in [0.25, 0.3) is 0 Å².